The third-order valence-electron chi connectivity index (χ3n) is 5.18. The Bertz CT molecular complexity index is 1210. The third-order valence-corrected chi connectivity index (χ3v) is 8.10. The number of hydrogen-bond donors (Lipinski definition) is 2. The maximum atomic E-state index is 12.6. The highest BCUT2D eigenvalue weighted by Crippen LogP contribution is 2.31. The van der Waals surface area contributed by atoms with E-state index in [1.165, 1.54) is 11.3 Å². The van der Waals surface area contributed by atoms with Crippen molar-refractivity contribution in [1.82, 2.24) is 14.9 Å². The SMILES string of the molecule is C[C@H]1Cc2ccccc2N1CCCNS(=O)(=O)c1nnc(NC(=O)c2ccc(Cl)cc2)s1. The molecule has 1 aliphatic rings. The first-order valence-electron chi connectivity index (χ1n) is 10.1. The van der Waals surface area contributed by atoms with Gasteiger partial charge in [-0.1, -0.05) is 41.1 Å². The number of halogens is 1. The van der Waals surface area contributed by atoms with Crippen LogP contribution in [0.3, 0.4) is 0 Å². The molecule has 2 N–H and O–H groups in total. The molecule has 0 spiro atoms. The van der Waals surface area contributed by atoms with Crippen LogP contribution in [0.15, 0.2) is 52.9 Å². The predicted octanol–water partition coefficient (Wildman–Crippen LogP) is 3.56. The van der Waals surface area contributed by atoms with Crippen LogP contribution in [0.5, 0.6) is 0 Å². The molecule has 0 saturated heterocycles. The van der Waals surface area contributed by atoms with Crippen molar-refractivity contribution in [3.8, 4) is 0 Å². The van der Waals surface area contributed by atoms with E-state index < -0.39 is 15.9 Å². The molecule has 1 amide bonds. The van der Waals surface area contributed by atoms with Crippen LogP contribution in [0.2, 0.25) is 5.02 Å². The molecule has 1 atom stereocenters. The van der Waals surface area contributed by atoms with E-state index in [-0.39, 0.29) is 16.0 Å². The highest BCUT2D eigenvalue weighted by Gasteiger charge is 2.25. The van der Waals surface area contributed by atoms with Gasteiger partial charge in [0.1, 0.15) is 0 Å². The maximum absolute atomic E-state index is 12.6. The summed E-state index contributed by atoms with van der Waals surface area (Å²) in [5.41, 5.74) is 2.92. The van der Waals surface area contributed by atoms with Crippen molar-refractivity contribution < 1.29 is 13.2 Å². The molecule has 32 heavy (non-hydrogen) atoms. The molecule has 0 aliphatic carbocycles. The van der Waals surface area contributed by atoms with E-state index in [2.05, 4.69) is 44.2 Å². The summed E-state index contributed by atoms with van der Waals surface area (Å²) in [4.78, 5) is 14.6. The maximum Gasteiger partial charge on any atom is 0.269 e. The largest absolute Gasteiger partial charge is 0.368 e. The minimum Gasteiger partial charge on any atom is -0.368 e. The summed E-state index contributed by atoms with van der Waals surface area (Å²) in [6, 6.07) is 15.0. The molecule has 1 aromatic heterocycles. The molecule has 2 aromatic carbocycles. The van der Waals surface area contributed by atoms with E-state index in [0.717, 1.165) is 24.3 Å². The van der Waals surface area contributed by atoms with Gasteiger partial charge in [-0.2, -0.15) is 0 Å². The van der Waals surface area contributed by atoms with Crippen molar-refractivity contribution in [2.45, 2.75) is 30.1 Å². The summed E-state index contributed by atoms with van der Waals surface area (Å²) < 4.78 is 27.5. The topological polar surface area (TPSA) is 104 Å². The van der Waals surface area contributed by atoms with E-state index in [9.17, 15) is 13.2 Å². The molecular weight excluding hydrogens is 470 g/mol. The average molecular weight is 492 g/mol. The minimum atomic E-state index is -3.81. The second kappa shape index (κ2) is 9.53. The first kappa shape index (κ1) is 22.7. The number of benzene rings is 2. The second-order valence-corrected chi connectivity index (χ2v) is 10.8. The summed E-state index contributed by atoms with van der Waals surface area (Å²) >= 11 is 6.62. The number of fused-ring (bicyclic) bond motifs is 1. The molecule has 0 bridgehead atoms. The molecule has 2 heterocycles. The number of nitrogens with zero attached hydrogens (tertiary/aromatic N) is 3. The lowest BCUT2D eigenvalue weighted by molar-refractivity contribution is 0.102. The Labute approximate surface area is 195 Å². The van der Waals surface area contributed by atoms with Crippen LogP contribution >= 0.6 is 22.9 Å². The molecule has 0 fully saturated rings. The number of carbonyl (C=O) groups is 1. The van der Waals surface area contributed by atoms with Gasteiger partial charge in [0.15, 0.2) is 0 Å². The first-order chi connectivity index (χ1) is 15.3. The van der Waals surface area contributed by atoms with Crippen molar-refractivity contribution in [2.24, 2.45) is 0 Å². The highest BCUT2D eigenvalue weighted by molar-refractivity contribution is 7.91. The number of sulfonamides is 1. The Kier molecular flexibility index (Phi) is 6.75. The molecule has 3 aromatic rings. The van der Waals surface area contributed by atoms with Crippen LogP contribution in [-0.2, 0) is 16.4 Å². The minimum absolute atomic E-state index is 0.104. The lowest BCUT2D eigenvalue weighted by Crippen LogP contribution is -2.33. The summed E-state index contributed by atoms with van der Waals surface area (Å²) in [5, 5.41) is 10.7. The van der Waals surface area contributed by atoms with Crippen molar-refractivity contribution >= 4 is 49.7 Å². The quantitative estimate of drug-likeness (QED) is 0.369. The van der Waals surface area contributed by atoms with Crippen molar-refractivity contribution in [1.29, 1.82) is 0 Å². The van der Waals surface area contributed by atoms with E-state index in [0.29, 0.717) is 23.0 Å². The number of hydrogen-bond acceptors (Lipinski definition) is 7. The van der Waals surface area contributed by atoms with Gasteiger partial charge >= 0.3 is 0 Å². The van der Waals surface area contributed by atoms with Crippen molar-refractivity contribution in [2.75, 3.05) is 23.3 Å². The summed E-state index contributed by atoms with van der Waals surface area (Å²) in [5.74, 6) is -0.422. The Morgan fingerprint density at radius 3 is 2.72 bits per heavy atom. The monoisotopic (exact) mass is 491 g/mol. The standard InChI is InChI=1S/C21H22ClN5O3S2/c1-14-13-16-5-2-3-6-18(16)27(14)12-4-11-23-32(29,30)21-26-25-20(31-21)24-19(28)15-7-9-17(22)10-8-15/h2-3,5-10,14,23H,4,11-13H2,1H3,(H,24,25,28)/t14-/m0/s1. The van der Waals surface area contributed by atoms with E-state index in [4.69, 9.17) is 11.6 Å². The number of anilines is 2. The zero-order valence-corrected chi connectivity index (χ0v) is 19.7. The lowest BCUT2D eigenvalue weighted by Gasteiger charge is -2.24. The van der Waals surface area contributed by atoms with Gasteiger partial charge in [0.05, 0.1) is 0 Å². The Balaban J connectivity index is 1.30. The fourth-order valence-corrected chi connectivity index (χ4v) is 5.76. The van der Waals surface area contributed by atoms with Crippen LogP contribution in [-0.4, -0.2) is 43.7 Å². The van der Waals surface area contributed by atoms with Crippen LogP contribution in [0, 0.1) is 0 Å². The molecular formula is C21H22ClN5O3S2. The van der Waals surface area contributed by atoms with Crippen LogP contribution < -0.4 is 14.9 Å². The van der Waals surface area contributed by atoms with Crippen molar-refractivity contribution in [3.63, 3.8) is 0 Å². The van der Waals surface area contributed by atoms with Gasteiger partial charge in [-0.3, -0.25) is 10.1 Å². The normalized spacial score (nSPS) is 15.6. The zero-order valence-electron chi connectivity index (χ0n) is 17.3. The van der Waals surface area contributed by atoms with Gasteiger partial charge in [-0.25, -0.2) is 13.1 Å². The van der Waals surface area contributed by atoms with Gasteiger partial charge in [0.25, 0.3) is 15.9 Å². The number of para-hydroxylation sites is 1. The van der Waals surface area contributed by atoms with E-state index in [1.807, 2.05) is 12.1 Å². The number of nitrogens with one attached hydrogen (secondary N) is 2. The lowest BCUT2D eigenvalue weighted by atomic mass is 10.1. The van der Waals surface area contributed by atoms with E-state index in [1.54, 1.807) is 24.3 Å². The number of aromatic nitrogens is 2. The second-order valence-electron chi connectivity index (χ2n) is 7.46. The summed E-state index contributed by atoms with van der Waals surface area (Å²) in [7, 11) is -3.81. The number of carbonyl (C=O) groups excluding carboxylic acids is 1. The smallest absolute Gasteiger partial charge is 0.269 e. The van der Waals surface area contributed by atoms with Crippen LogP contribution in [0.1, 0.15) is 29.3 Å². The molecule has 4 rings (SSSR count). The summed E-state index contributed by atoms with van der Waals surface area (Å²) in [6.45, 7) is 3.20. The first-order valence-corrected chi connectivity index (χ1v) is 12.8. The fraction of sp³-hybridized carbons (Fsp3) is 0.286. The van der Waals surface area contributed by atoms with Crippen LogP contribution in [0.4, 0.5) is 10.8 Å². The molecule has 0 saturated carbocycles. The van der Waals surface area contributed by atoms with Gasteiger partial charge in [0, 0.05) is 35.4 Å². The van der Waals surface area contributed by atoms with Gasteiger partial charge < -0.3 is 4.90 Å². The molecule has 8 nitrogen and oxygen atoms in total. The molecule has 11 heteroatoms. The predicted molar refractivity (Wildman–Crippen MR) is 126 cm³/mol. The molecule has 0 radical (unpaired) electrons. The van der Waals surface area contributed by atoms with Gasteiger partial charge in [-0.15, -0.1) is 10.2 Å². The molecule has 1 aliphatic heterocycles. The van der Waals surface area contributed by atoms with Gasteiger partial charge in [-0.05, 0) is 55.7 Å². The van der Waals surface area contributed by atoms with Crippen molar-refractivity contribution in [3.05, 3.63) is 64.7 Å². The summed E-state index contributed by atoms with van der Waals surface area (Å²) in [6.07, 6.45) is 1.65. The molecule has 168 valence electrons. The molecule has 0 unspecified atom stereocenters. The number of rotatable bonds is 8. The Morgan fingerprint density at radius 2 is 1.94 bits per heavy atom. The third kappa shape index (κ3) is 5.09. The Hall–Kier alpha value is -2.53. The fourth-order valence-electron chi connectivity index (χ4n) is 3.63. The Morgan fingerprint density at radius 1 is 1.19 bits per heavy atom. The average Bonchev–Trinajstić information content (AvgIpc) is 3.36. The highest BCUT2D eigenvalue weighted by atomic mass is 35.5. The zero-order chi connectivity index (χ0) is 22.7. The van der Waals surface area contributed by atoms with Gasteiger partial charge in [0.2, 0.25) is 9.47 Å². The number of amides is 1. The van der Waals surface area contributed by atoms with E-state index >= 15 is 0 Å². The van der Waals surface area contributed by atoms with Crippen LogP contribution in [0.25, 0.3) is 0 Å².